The van der Waals surface area contributed by atoms with Crippen molar-refractivity contribution in [1.29, 1.82) is 0 Å². The van der Waals surface area contributed by atoms with E-state index in [4.69, 9.17) is 0 Å². The molecular weight excluding hydrogens is 198 g/mol. The maximum atomic E-state index is 11.0. The molecule has 16 heavy (non-hydrogen) atoms. The fourth-order valence-electron chi connectivity index (χ4n) is 1.99. The summed E-state index contributed by atoms with van der Waals surface area (Å²) in [7, 11) is 0. The second-order valence-corrected chi connectivity index (χ2v) is 4.45. The quantitative estimate of drug-likeness (QED) is 0.779. The molecule has 1 radical (unpaired) electrons. The Hall–Kier alpha value is -1.38. The van der Waals surface area contributed by atoms with Gasteiger partial charge in [0, 0.05) is 0 Å². The van der Waals surface area contributed by atoms with Crippen LogP contribution < -0.4 is 5.48 Å². The van der Waals surface area contributed by atoms with Gasteiger partial charge in [-0.3, -0.25) is 0 Å². The largest absolute Gasteiger partial charge is 0.160 e. The first-order valence-electron chi connectivity index (χ1n) is 5.58. The minimum absolute atomic E-state index is 0.121. The van der Waals surface area contributed by atoms with Gasteiger partial charge in [0.05, 0.1) is 6.04 Å². The monoisotopic (exact) mass is 214 g/mol. The third kappa shape index (κ3) is 2.08. The average molecular weight is 214 g/mol. The standard InChI is InChI=1S/C14H16NO/c1-10(2)14(15-16)13-8-7-11-5-3-4-6-12(11)9-13/h3-10,14-15H,1-2H3. The molecule has 0 fully saturated rings. The van der Waals surface area contributed by atoms with Crippen LogP contribution in [0.5, 0.6) is 0 Å². The van der Waals surface area contributed by atoms with E-state index < -0.39 is 0 Å². The lowest BCUT2D eigenvalue weighted by Crippen LogP contribution is -2.20. The lowest BCUT2D eigenvalue weighted by Gasteiger charge is -2.18. The molecule has 0 bridgehead atoms. The second kappa shape index (κ2) is 4.64. The first-order valence-corrected chi connectivity index (χ1v) is 5.58. The Bertz CT molecular complexity index is 479. The Balaban J connectivity index is 2.45. The smallest absolute Gasteiger partial charge is 0.0625 e. The predicted molar refractivity (Wildman–Crippen MR) is 65.3 cm³/mol. The van der Waals surface area contributed by atoms with Gasteiger partial charge in [0.2, 0.25) is 0 Å². The second-order valence-electron chi connectivity index (χ2n) is 4.45. The highest BCUT2D eigenvalue weighted by Gasteiger charge is 2.15. The van der Waals surface area contributed by atoms with E-state index in [1.165, 1.54) is 10.8 Å². The molecule has 1 N–H and O–H groups in total. The van der Waals surface area contributed by atoms with Crippen LogP contribution >= 0.6 is 0 Å². The summed E-state index contributed by atoms with van der Waals surface area (Å²) < 4.78 is 0. The third-order valence-electron chi connectivity index (χ3n) is 2.93. The minimum atomic E-state index is -0.121. The van der Waals surface area contributed by atoms with Gasteiger partial charge in [0.15, 0.2) is 0 Å². The van der Waals surface area contributed by atoms with Gasteiger partial charge in [-0.05, 0) is 28.3 Å². The fraction of sp³-hybridized carbons (Fsp3) is 0.286. The van der Waals surface area contributed by atoms with E-state index in [0.29, 0.717) is 5.92 Å². The van der Waals surface area contributed by atoms with Crippen molar-refractivity contribution >= 4 is 10.8 Å². The molecule has 2 rings (SSSR count). The molecule has 0 aromatic heterocycles. The molecule has 0 aliphatic carbocycles. The van der Waals surface area contributed by atoms with Gasteiger partial charge in [-0.15, -0.1) is 5.21 Å². The lowest BCUT2D eigenvalue weighted by molar-refractivity contribution is 0.0290. The SMILES string of the molecule is CC(C)C(N[O])c1ccc2ccccc2c1. The summed E-state index contributed by atoms with van der Waals surface area (Å²) in [6.45, 7) is 4.09. The number of rotatable bonds is 3. The Labute approximate surface area is 95.9 Å². The molecule has 0 amide bonds. The molecule has 1 atom stereocenters. The maximum absolute atomic E-state index is 11.0. The zero-order valence-electron chi connectivity index (χ0n) is 9.60. The molecule has 0 aliphatic heterocycles. The van der Waals surface area contributed by atoms with Crippen LogP contribution in [0.25, 0.3) is 10.8 Å². The van der Waals surface area contributed by atoms with Crippen molar-refractivity contribution in [3.05, 3.63) is 48.0 Å². The molecule has 0 spiro atoms. The maximum Gasteiger partial charge on any atom is 0.0625 e. The molecule has 0 saturated heterocycles. The minimum Gasteiger partial charge on any atom is -0.160 e. The van der Waals surface area contributed by atoms with Gasteiger partial charge >= 0.3 is 0 Å². The summed E-state index contributed by atoms with van der Waals surface area (Å²) in [5, 5.41) is 13.3. The summed E-state index contributed by atoms with van der Waals surface area (Å²) in [4.78, 5) is 0. The van der Waals surface area contributed by atoms with E-state index in [-0.39, 0.29) is 6.04 Å². The Morgan fingerprint density at radius 2 is 1.69 bits per heavy atom. The van der Waals surface area contributed by atoms with Gasteiger partial charge < -0.3 is 0 Å². The van der Waals surface area contributed by atoms with E-state index in [2.05, 4.69) is 29.7 Å². The van der Waals surface area contributed by atoms with Crippen LogP contribution in [-0.2, 0) is 5.21 Å². The zero-order valence-corrected chi connectivity index (χ0v) is 9.60. The van der Waals surface area contributed by atoms with Crippen LogP contribution in [0, 0.1) is 5.92 Å². The van der Waals surface area contributed by atoms with Gasteiger partial charge in [-0.25, -0.2) is 0 Å². The molecule has 2 heteroatoms. The molecule has 1 unspecified atom stereocenters. The highest BCUT2D eigenvalue weighted by molar-refractivity contribution is 5.83. The van der Waals surface area contributed by atoms with Crippen LogP contribution in [-0.4, -0.2) is 0 Å². The first-order chi connectivity index (χ1) is 7.72. The molecular formula is C14H16NO. The van der Waals surface area contributed by atoms with Crippen LogP contribution in [0.2, 0.25) is 0 Å². The lowest BCUT2D eigenvalue weighted by atomic mass is 9.95. The molecule has 83 valence electrons. The van der Waals surface area contributed by atoms with Gasteiger partial charge in [0.1, 0.15) is 0 Å². The Morgan fingerprint density at radius 3 is 2.31 bits per heavy atom. The third-order valence-corrected chi connectivity index (χ3v) is 2.93. The fourth-order valence-corrected chi connectivity index (χ4v) is 1.99. The molecule has 2 nitrogen and oxygen atoms in total. The molecule has 0 saturated carbocycles. The van der Waals surface area contributed by atoms with Gasteiger partial charge in [0.25, 0.3) is 0 Å². The number of fused-ring (bicyclic) bond motifs is 1. The van der Waals surface area contributed by atoms with Crippen molar-refractivity contribution in [2.75, 3.05) is 0 Å². The number of benzene rings is 2. The first kappa shape index (κ1) is 11.1. The number of hydrogen-bond acceptors (Lipinski definition) is 1. The highest BCUT2D eigenvalue weighted by Crippen LogP contribution is 2.24. The number of hydroxylamine groups is 1. The molecule has 0 heterocycles. The highest BCUT2D eigenvalue weighted by atomic mass is 16.5. The van der Waals surface area contributed by atoms with Gasteiger partial charge in [-0.2, -0.15) is 5.48 Å². The summed E-state index contributed by atoms with van der Waals surface area (Å²) in [6, 6.07) is 14.2. The summed E-state index contributed by atoms with van der Waals surface area (Å²) in [5.41, 5.74) is 3.19. The van der Waals surface area contributed by atoms with E-state index in [1.54, 1.807) is 0 Å². The molecule has 2 aromatic rings. The van der Waals surface area contributed by atoms with Gasteiger partial charge in [-0.1, -0.05) is 50.2 Å². The van der Waals surface area contributed by atoms with Crippen molar-refractivity contribution in [2.45, 2.75) is 19.9 Å². The predicted octanol–water partition coefficient (Wildman–Crippen LogP) is 3.47. The van der Waals surface area contributed by atoms with Crippen LogP contribution in [0.3, 0.4) is 0 Å². The van der Waals surface area contributed by atoms with Crippen LogP contribution in [0.4, 0.5) is 0 Å². The van der Waals surface area contributed by atoms with E-state index in [9.17, 15) is 5.21 Å². The summed E-state index contributed by atoms with van der Waals surface area (Å²) in [5.74, 6) is 0.290. The number of hydrogen-bond donors (Lipinski definition) is 1. The van der Waals surface area contributed by atoms with Crippen molar-refractivity contribution in [1.82, 2.24) is 5.48 Å². The zero-order chi connectivity index (χ0) is 11.5. The summed E-state index contributed by atoms with van der Waals surface area (Å²) >= 11 is 0. The van der Waals surface area contributed by atoms with Crippen molar-refractivity contribution in [3.63, 3.8) is 0 Å². The van der Waals surface area contributed by atoms with E-state index in [0.717, 1.165) is 5.56 Å². The van der Waals surface area contributed by atoms with Crippen LogP contribution in [0.1, 0.15) is 25.5 Å². The van der Waals surface area contributed by atoms with Crippen molar-refractivity contribution in [3.8, 4) is 0 Å². The topological polar surface area (TPSA) is 31.9 Å². The van der Waals surface area contributed by atoms with Crippen molar-refractivity contribution < 1.29 is 5.21 Å². The normalized spacial score (nSPS) is 13.2. The molecule has 2 aromatic carbocycles. The summed E-state index contributed by atoms with van der Waals surface area (Å²) in [6.07, 6.45) is 0. The number of nitrogens with one attached hydrogen (secondary N) is 1. The molecule has 0 aliphatic rings. The Kier molecular flexibility index (Phi) is 3.22. The van der Waals surface area contributed by atoms with Crippen molar-refractivity contribution in [2.24, 2.45) is 5.92 Å². The van der Waals surface area contributed by atoms with Crippen LogP contribution in [0.15, 0.2) is 42.5 Å². The van der Waals surface area contributed by atoms with E-state index >= 15 is 0 Å². The average Bonchev–Trinajstić information content (AvgIpc) is 2.29. The van der Waals surface area contributed by atoms with E-state index in [1.807, 2.05) is 32.0 Å². The Morgan fingerprint density at radius 1 is 1.00 bits per heavy atom.